The normalized spacial score (nSPS) is 11.6. The Hall–Kier alpha value is -3.73. The van der Waals surface area contributed by atoms with Crippen LogP contribution in [0.1, 0.15) is 11.4 Å². The van der Waals surface area contributed by atoms with Gasteiger partial charge in [0.2, 0.25) is 0 Å². The van der Waals surface area contributed by atoms with E-state index >= 15 is 0 Å². The first-order valence-corrected chi connectivity index (χ1v) is 9.13. The lowest BCUT2D eigenvalue weighted by atomic mass is 10.3. The van der Waals surface area contributed by atoms with Crippen LogP contribution in [-0.4, -0.2) is 25.9 Å². The average Bonchev–Trinajstić information content (AvgIpc) is 3.29. The van der Waals surface area contributed by atoms with Crippen LogP contribution < -0.4 is 10.6 Å². The lowest BCUT2D eigenvalue weighted by molar-refractivity contribution is -0.141. The van der Waals surface area contributed by atoms with Crippen LogP contribution in [0.5, 0.6) is 5.75 Å². The molecule has 3 N–H and O–H groups in total. The monoisotopic (exact) mass is 451 g/mol. The van der Waals surface area contributed by atoms with Crippen molar-refractivity contribution in [1.82, 2.24) is 20.1 Å². The number of benzene rings is 2. The molecule has 0 spiro atoms. The number of aromatic hydroxyl groups is 1. The molecule has 0 fully saturated rings. The first-order valence-electron chi connectivity index (χ1n) is 8.75. The number of alkyl halides is 3. The molecule has 0 saturated carbocycles. The van der Waals surface area contributed by atoms with Gasteiger partial charge in [-0.1, -0.05) is 17.7 Å². The second-order valence-electron chi connectivity index (χ2n) is 6.39. The zero-order chi connectivity index (χ0) is 22.2. The molecular weight excluding hydrogens is 439 g/mol. The van der Waals surface area contributed by atoms with Crippen molar-refractivity contribution in [3.8, 4) is 11.4 Å². The van der Waals surface area contributed by atoms with Crippen LogP contribution in [0.4, 0.5) is 24.0 Å². The number of amides is 2. The van der Waals surface area contributed by atoms with Crippen molar-refractivity contribution in [2.45, 2.75) is 12.7 Å². The predicted molar refractivity (Wildman–Crippen MR) is 105 cm³/mol. The van der Waals surface area contributed by atoms with Crippen LogP contribution in [0.15, 0.2) is 52.9 Å². The molecule has 2 amide bonds. The zero-order valence-corrected chi connectivity index (χ0v) is 16.2. The topological polar surface area (TPSA) is 105 Å². The van der Waals surface area contributed by atoms with Crippen molar-refractivity contribution >= 4 is 34.7 Å². The van der Waals surface area contributed by atoms with E-state index in [2.05, 4.69) is 20.7 Å². The number of aromatic nitrogens is 3. The maximum atomic E-state index is 13.2. The summed E-state index contributed by atoms with van der Waals surface area (Å²) in [5.41, 5.74) is -0.0688. The second-order valence-corrected chi connectivity index (χ2v) is 6.83. The van der Waals surface area contributed by atoms with E-state index in [1.54, 1.807) is 12.1 Å². The number of nitrogens with one attached hydrogen (secondary N) is 2. The van der Waals surface area contributed by atoms with Crippen LogP contribution in [-0.2, 0) is 12.7 Å². The quantitative estimate of drug-likeness (QED) is 0.416. The maximum absolute atomic E-state index is 13.2. The molecule has 2 aromatic heterocycles. The molecule has 8 nitrogen and oxygen atoms in total. The van der Waals surface area contributed by atoms with Crippen molar-refractivity contribution < 1.29 is 27.5 Å². The predicted octanol–water partition coefficient (Wildman–Crippen LogP) is 4.71. The number of phenolic OH excluding ortho intramolecular Hbond substituents is 1. The number of nitrogens with zero attached hydrogens (tertiary/aromatic N) is 3. The van der Waals surface area contributed by atoms with Gasteiger partial charge in [-0.15, -0.1) is 0 Å². The Morgan fingerprint density at radius 3 is 2.74 bits per heavy atom. The number of oxazole rings is 1. The van der Waals surface area contributed by atoms with E-state index in [1.165, 1.54) is 30.3 Å². The first-order chi connectivity index (χ1) is 14.7. The molecule has 0 unspecified atom stereocenters. The fraction of sp³-hybridized carbons (Fsp3) is 0.105. The van der Waals surface area contributed by atoms with E-state index in [0.717, 1.165) is 10.7 Å². The molecular formula is C19H13ClF3N5O3. The molecule has 0 aliphatic carbocycles. The highest BCUT2D eigenvalue weighted by molar-refractivity contribution is 6.30. The number of hydrogen-bond acceptors (Lipinski definition) is 5. The number of rotatable bonds is 4. The van der Waals surface area contributed by atoms with Crippen molar-refractivity contribution in [2.75, 3.05) is 5.32 Å². The third-order valence-corrected chi connectivity index (χ3v) is 4.38. The van der Waals surface area contributed by atoms with E-state index in [0.29, 0.717) is 21.8 Å². The van der Waals surface area contributed by atoms with Gasteiger partial charge in [-0.3, -0.25) is 5.32 Å². The smallest absolute Gasteiger partial charge is 0.435 e. The SMILES string of the molecule is O=C(NCc1cc(C(F)(F)F)nn1-c1cccc(Cl)c1)Nc1nc2cc(O)ccc2o1. The molecule has 0 aliphatic heterocycles. The molecule has 12 heteroatoms. The molecule has 0 atom stereocenters. The summed E-state index contributed by atoms with van der Waals surface area (Å²) in [6.45, 7) is -0.275. The van der Waals surface area contributed by atoms with Crippen molar-refractivity contribution in [3.63, 3.8) is 0 Å². The van der Waals surface area contributed by atoms with Crippen LogP contribution in [0, 0.1) is 0 Å². The van der Waals surface area contributed by atoms with Gasteiger partial charge in [-0.25, -0.2) is 9.48 Å². The van der Waals surface area contributed by atoms with E-state index in [-0.39, 0.29) is 24.0 Å². The van der Waals surface area contributed by atoms with Gasteiger partial charge in [0.25, 0.3) is 0 Å². The molecule has 31 heavy (non-hydrogen) atoms. The lowest BCUT2D eigenvalue weighted by Crippen LogP contribution is -2.29. The van der Waals surface area contributed by atoms with Crippen LogP contribution >= 0.6 is 11.6 Å². The Morgan fingerprint density at radius 1 is 1.19 bits per heavy atom. The van der Waals surface area contributed by atoms with Gasteiger partial charge >= 0.3 is 18.2 Å². The number of carbonyl (C=O) groups excluding carboxylic acids is 1. The molecule has 4 aromatic rings. The summed E-state index contributed by atoms with van der Waals surface area (Å²) in [6, 6.07) is 10.3. The van der Waals surface area contributed by atoms with Gasteiger partial charge in [0.15, 0.2) is 11.3 Å². The molecule has 4 rings (SSSR count). The summed E-state index contributed by atoms with van der Waals surface area (Å²) in [5.74, 6) is -0.0217. The van der Waals surface area contributed by atoms with Gasteiger partial charge in [-0.2, -0.15) is 23.3 Å². The number of fused-ring (bicyclic) bond motifs is 1. The molecule has 0 aliphatic rings. The number of halogens is 4. The Bertz CT molecular complexity index is 1270. The number of urea groups is 1. The van der Waals surface area contributed by atoms with Crippen molar-refractivity contribution in [2.24, 2.45) is 0 Å². The number of carbonyl (C=O) groups is 1. The number of hydrogen-bond donors (Lipinski definition) is 3. The van der Waals surface area contributed by atoms with Gasteiger partial charge in [-0.05, 0) is 36.4 Å². The van der Waals surface area contributed by atoms with Crippen LogP contribution in [0.25, 0.3) is 16.8 Å². The molecule has 2 aromatic carbocycles. The Morgan fingerprint density at radius 2 is 2.00 bits per heavy atom. The summed E-state index contributed by atoms with van der Waals surface area (Å²) < 4.78 is 45.8. The third kappa shape index (κ3) is 4.56. The Labute approximate surface area is 177 Å². The number of phenols is 1. The van der Waals surface area contributed by atoms with E-state index in [1.807, 2.05) is 0 Å². The maximum Gasteiger partial charge on any atom is 0.435 e. The van der Waals surface area contributed by atoms with Gasteiger partial charge in [0.1, 0.15) is 11.3 Å². The van der Waals surface area contributed by atoms with Gasteiger partial charge in [0, 0.05) is 11.1 Å². The van der Waals surface area contributed by atoms with Crippen molar-refractivity contribution in [3.05, 3.63) is 64.9 Å². The molecule has 0 saturated heterocycles. The van der Waals surface area contributed by atoms with Crippen LogP contribution in [0.2, 0.25) is 5.02 Å². The fourth-order valence-electron chi connectivity index (χ4n) is 2.80. The Balaban J connectivity index is 1.52. The average molecular weight is 452 g/mol. The number of anilines is 1. The highest BCUT2D eigenvalue weighted by atomic mass is 35.5. The molecule has 160 valence electrons. The first kappa shape index (κ1) is 20.5. The van der Waals surface area contributed by atoms with Gasteiger partial charge < -0.3 is 14.8 Å². The van der Waals surface area contributed by atoms with Crippen molar-refractivity contribution in [1.29, 1.82) is 0 Å². The minimum Gasteiger partial charge on any atom is -0.508 e. The molecule has 2 heterocycles. The molecule has 0 bridgehead atoms. The highest BCUT2D eigenvalue weighted by Crippen LogP contribution is 2.30. The van der Waals surface area contributed by atoms with Gasteiger partial charge in [0.05, 0.1) is 17.9 Å². The van der Waals surface area contributed by atoms with E-state index < -0.39 is 17.9 Å². The Kier molecular flexibility index (Phi) is 5.19. The lowest BCUT2D eigenvalue weighted by Gasteiger charge is -2.09. The molecule has 0 radical (unpaired) electrons. The van der Waals surface area contributed by atoms with E-state index in [9.17, 15) is 23.1 Å². The summed E-state index contributed by atoms with van der Waals surface area (Å²) >= 11 is 5.93. The largest absolute Gasteiger partial charge is 0.508 e. The zero-order valence-electron chi connectivity index (χ0n) is 15.4. The fourth-order valence-corrected chi connectivity index (χ4v) is 2.98. The summed E-state index contributed by atoms with van der Waals surface area (Å²) in [7, 11) is 0. The minimum atomic E-state index is -4.66. The minimum absolute atomic E-state index is 0.0217. The van der Waals surface area contributed by atoms with E-state index in [4.69, 9.17) is 16.0 Å². The second kappa shape index (κ2) is 7.84. The standard InChI is InChI=1S/C19H13ClF3N5O3/c20-10-2-1-3-11(6-10)28-12(7-16(27-28)19(21,22)23)9-24-17(30)26-18-25-14-8-13(29)4-5-15(14)31-18/h1-8,29H,9H2,(H2,24,25,26,30). The van der Waals surface area contributed by atoms with Crippen LogP contribution in [0.3, 0.4) is 0 Å². The summed E-state index contributed by atoms with van der Waals surface area (Å²) in [5, 5.41) is 18.1. The summed E-state index contributed by atoms with van der Waals surface area (Å²) in [6.07, 6.45) is -4.66. The highest BCUT2D eigenvalue weighted by Gasteiger charge is 2.35. The third-order valence-electron chi connectivity index (χ3n) is 4.15. The summed E-state index contributed by atoms with van der Waals surface area (Å²) in [4.78, 5) is 16.2.